The number of aromatic nitrogens is 4. The summed E-state index contributed by atoms with van der Waals surface area (Å²) in [7, 11) is 0. The number of para-hydroxylation sites is 1. The molecule has 1 aromatic heterocycles. The maximum Gasteiger partial charge on any atom is 0.157 e. The lowest BCUT2D eigenvalue weighted by Crippen LogP contribution is -2.26. The lowest BCUT2D eigenvalue weighted by molar-refractivity contribution is 0.325. The Morgan fingerprint density at radius 3 is 2.37 bits per heavy atom. The van der Waals surface area contributed by atoms with Gasteiger partial charge in [0.05, 0.1) is 5.69 Å². The van der Waals surface area contributed by atoms with Gasteiger partial charge in [0.1, 0.15) is 0 Å². The van der Waals surface area contributed by atoms with Crippen molar-refractivity contribution >= 4 is 12.4 Å². The van der Waals surface area contributed by atoms with Crippen LogP contribution in [0.4, 0.5) is 0 Å². The third-order valence-electron chi connectivity index (χ3n) is 5.23. The Kier molecular flexibility index (Phi) is 6.55. The Hall–Kier alpha value is -2.28. The molecule has 2 N–H and O–H groups in total. The number of nitrogens with zero attached hydrogens (tertiary/aromatic N) is 5. The molecule has 0 amide bonds. The number of hydrogen-bond donors (Lipinski definition) is 1. The third kappa shape index (κ3) is 4.35. The van der Waals surface area contributed by atoms with Gasteiger partial charge in [-0.2, -0.15) is 4.68 Å². The van der Waals surface area contributed by atoms with E-state index in [1.165, 1.54) is 5.56 Å². The number of benzene rings is 2. The van der Waals surface area contributed by atoms with Gasteiger partial charge in [0.15, 0.2) is 5.82 Å². The number of halogens is 1. The van der Waals surface area contributed by atoms with Crippen LogP contribution < -0.4 is 5.73 Å². The highest BCUT2D eigenvalue weighted by atomic mass is 35.5. The summed E-state index contributed by atoms with van der Waals surface area (Å²) in [6.45, 7) is 3.73. The molecule has 142 valence electrons. The van der Waals surface area contributed by atoms with E-state index in [2.05, 4.69) is 50.8 Å². The van der Waals surface area contributed by atoms with Crippen LogP contribution in [0.5, 0.6) is 0 Å². The molecule has 1 aliphatic heterocycles. The van der Waals surface area contributed by atoms with E-state index in [9.17, 15) is 0 Å². The van der Waals surface area contributed by atoms with Crippen molar-refractivity contribution in [1.82, 2.24) is 25.1 Å². The van der Waals surface area contributed by atoms with Gasteiger partial charge >= 0.3 is 0 Å². The van der Waals surface area contributed by atoms with Crippen LogP contribution in [-0.4, -0.2) is 51.3 Å². The van der Waals surface area contributed by atoms with Gasteiger partial charge in [-0.3, -0.25) is 0 Å². The maximum absolute atomic E-state index is 6.05. The molecule has 3 aromatic rings. The zero-order valence-electron chi connectivity index (χ0n) is 15.2. The highest BCUT2D eigenvalue weighted by Crippen LogP contribution is 2.31. The molecule has 0 saturated carbocycles. The standard InChI is InChI=1S/C20H24N6.ClH/c21-13-17-14-25(15-19(17)16-7-3-1-4-8-16)12-11-20-22-23-24-26(20)18-9-5-2-6-10-18;/h1-10,17,19H,11-15,21H2;1H/t17-,19+;/m1./s1. The first-order chi connectivity index (χ1) is 12.8. The van der Waals surface area contributed by atoms with Crippen molar-refractivity contribution < 1.29 is 0 Å². The predicted octanol–water partition coefficient (Wildman–Crippen LogP) is 2.30. The second kappa shape index (κ2) is 9.08. The fraction of sp³-hybridized carbons (Fsp3) is 0.350. The van der Waals surface area contributed by atoms with Crippen LogP contribution in [0.15, 0.2) is 60.7 Å². The minimum absolute atomic E-state index is 0. The average Bonchev–Trinajstić information content (AvgIpc) is 3.34. The first-order valence-electron chi connectivity index (χ1n) is 9.15. The molecular formula is C20H25ClN6. The van der Waals surface area contributed by atoms with E-state index in [-0.39, 0.29) is 12.4 Å². The molecule has 2 atom stereocenters. The van der Waals surface area contributed by atoms with Gasteiger partial charge in [0.25, 0.3) is 0 Å². The largest absolute Gasteiger partial charge is 0.330 e. The quantitative estimate of drug-likeness (QED) is 0.706. The molecule has 0 spiro atoms. The van der Waals surface area contributed by atoms with Crippen molar-refractivity contribution in [2.75, 3.05) is 26.2 Å². The summed E-state index contributed by atoms with van der Waals surface area (Å²) in [5, 5.41) is 12.2. The van der Waals surface area contributed by atoms with Gasteiger partial charge in [-0.15, -0.1) is 17.5 Å². The van der Waals surface area contributed by atoms with Crippen LogP contribution in [0.3, 0.4) is 0 Å². The topological polar surface area (TPSA) is 72.9 Å². The molecular weight excluding hydrogens is 360 g/mol. The lowest BCUT2D eigenvalue weighted by atomic mass is 9.89. The molecule has 1 fully saturated rings. The molecule has 4 rings (SSSR count). The van der Waals surface area contributed by atoms with Crippen LogP contribution in [0.2, 0.25) is 0 Å². The zero-order chi connectivity index (χ0) is 17.8. The van der Waals surface area contributed by atoms with Gasteiger partial charge < -0.3 is 10.6 Å². The Morgan fingerprint density at radius 1 is 0.963 bits per heavy atom. The van der Waals surface area contributed by atoms with Crippen molar-refractivity contribution in [2.45, 2.75) is 12.3 Å². The monoisotopic (exact) mass is 384 g/mol. The van der Waals surface area contributed by atoms with Gasteiger partial charge in [0, 0.05) is 32.0 Å². The summed E-state index contributed by atoms with van der Waals surface area (Å²) in [6, 6.07) is 20.7. The normalized spacial score (nSPS) is 19.7. The fourth-order valence-electron chi connectivity index (χ4n) is 3.85. The maximum atomic E-state index is 6.05. The lowest BCUT2D eigenvalue weighted by Gasteiger charge is -2.16. The molecule has 2 aromatic carbocycles. The molecule has 0 aliphatic carbocycles. The second-order valence-electron chi connectivity index (χ2n) is 6.86. The molecule has 6 nitrogen and oxygen atoms in total. The van der Waals surface area contributed by atoms with Crippen LogP contribution in [0, 0.1) is 5.92 Å². The number of tetrazole rings is 1. The van der Waals surface area contributed by atoms with E-state index in [1.54, 1.807) is 0 Å². The first kappa shape index (κ1) is 19.5. The Balaban J connectivity index is 0.00000210. The molecule has 7 heteroatoms. The SMILES string of the molecule is Cl.NC[C@@H]1CN(CCc2nnnn2-c2ccccc2)C[C@H]1c1ccccc1. The average molecular weight is 385 g/mol. The highest BCUT2D eigenvalue weighted by Gasteiger charge is 2.32. The number of hydrogen-bond acceptors (Lipinski definition) is 5. The van der Waals surface area contributed by atoms with Crippen LogP contribution in [-0.2, 0) is 6.42 Å². The number of rotatable bonds is 6. The number of likely N-dealkylation sites (tertiary alicyclic amines) is 1. The van der Waals surface area contributed by atoms with Gasteiger partial charge in [-0.25, -0.2) is 0 Å². The van der Waals surface area contributed by atoms with E-state index in [0.29, 0.717) is 11.8 Å². The van der Waals surface area contributed by atoms with E-state index >= 15 is 0 Å². The molecule has 0 radical (unpaired) electrons. The van der Waals surface area contributed by atoms with Gasteiger partial charge in [-0.05, 0) is 40.6 Å². The molecule has 27 heavy (non-hydrogen) atoms. The Labute approximate surface area is 165 Å². The highest BCUT2D eigenvalue weighted by molar-refractivity contribution is 5.85. The van der Waals surface area contributed by atoms with Crippen molar-refractivity contribution in [3.05, 3.63) is 72.1 Å². The molecule has 0 unspecified atom stereocenters. The van der Waals surface area contributed by atoms with Gasteiger partial charge in [0.2, 0.25) is 0 Å². The van der Waals surface area contributed by atoms with Crippen LogP contribution in [0.1, 0.15) is 17.3 Å². The molecule has 1 saturated heterocycles. The Bertz CT molecular complexity index is 823. The van der Waals surface area contributed by atoms with E-state index in [0.717, 1.165) is 44.1 Å². The van der Waals surface area contributed by atoms with Crippen LogP contribution >= 0.6 is 12.4 Å². The minimum atomic E-state index is 0. The van der Waals surface area contributed by atoms with Crippen molar-refractivity contribution in [1.29, 1.82) is 0 Å². The summed E-state index contributed by atoms with van der Waals surface area (Å²) < 4.78 is 1.82. The molecule has 1 aliphatic rings. The van der Waals surface area contributed by atoms with Crippen molar-refractivity contribution in [3.63, 3.8) is 0 Å². The summed E-state index contributed by atoms with van der Waals surface area (Å²) in [4.78, 5) is 2.49. The summed E-state index contributed by atoms with van der Waals surface area (Å²) >= 11 is 0. The summed E-state index contributed by atoms with van der Waals surface area (Å²) in [5.74, 6) is 1.90. The zero-order valence-corrected chi connectivity index (χ0v) is 16.0. The van der Waals surface area contributed by atoms with Gasteiger partial charge in [-0.1, -0.05) is 48.5 Å². The second-order valence-corrected chi connectivity index (χ2v) is 6.86. The first-order valence-corrected chi connectivity index (χ1v) is 9.15. The molecule has 0 bridgehead atoms. The number of nitrogens with two attached hydrogens (primary N) is 1. The van der Waals surface area contributed by atoms with Crippen molar-refractivity contribution in [2.24, 2.45) is 11.7 Å². The van der Waals surface area contributed by atoms with Crippen LogP contribution in [0.25, 0.3) is 5.69 Å². The minimum Gasteiger partial charge on any atom is -0.330 e. The van der Waals surface area contributed by atoms with E-state index in [4.69, 9.17) is 5.73 Å². The smallest absolute Gasteiger partial charge is 0.157 e. The summed E-state index contributed by atoms with van der Waals surface area (Å²) in [5.41, 5.74) is 8.44. The van der Waals surface area contributed by atoms with E-state index in [1.807, 2.05) is 35.0 Å². The molecule has 2 heterocycles. The third-order valence-corrected chi connectivity index (χ3v) is 5.23. The Morgan fingerprint density at radius 2 is 1.67 bits per heavy atom. The van der Waals surface area contributed by atoms with Crippen molar-refractivity contribution in [3.8, 4) is 5.69 Å². The fourth-order valence-corrected chi connectivity index (χ4v) is 3.85. The predicted molar refractivity (Wildman–Crippen MR) is 108 cm³/mol. The van der Waals surface area contributed by atoms with E-state index < -0.39 is 0 Å². The summed E-state index contributed by atoms with van der Waals surface area (Å²) in [6.07, 6.45) is 0.820.